The van der Waals surface area contributed by atoms with E-state index in [1.54, 1.807) is 0 Å². The fraction of sp³-hybridized carbons (Fsp3) is 1.00. The summed E-state index contributed by atoms with van der Waals surface area (Å²) in [5, 5.41) is 0. The Hall–Kier alpha value is -0.160. The van der Waals surface area contributed by atoms with Crippen molar-refractivity contribution in [2.24, 2.45) is 5.73 Å². The van der Waals surface area contributed by atoms with E-state index < -0.39 is 0 Å². The highest BCUT2D eigenvalue weighted by molar-refractivity contribution is 4.97. The van der Waals surface area contributed by atoms with Crippen LogP contribution in [0.15, 0.2) is 0 Å². The van der Waals surface area contributed by atoms with Crippen LogP contribution in [0.4, 0.5) is 0 Å². The maximum Gasteiger partial charge on any atom is 0.0697 e. The van der Waals surface area contributed by atoms with Gasteiger partial charge in [-0.1, -0.05) is 0 Å². The van der Waals surface area contributed by atoms with Crippen LogP contribution in [0.3, 0.4) is 0 Å². The first-order chi connectivity index (χ1) is 8.81. The molecule has 2 heterocycles. The molecular formula is C14H27N3O. The molecule has 0 aromatic carbocycles. The van der Waals surface area contributed by atoms with E-state index in [1.807, 2.05) is 0 Å². The van der Waals surface area contributed by atoms with Crippen molar-refractivity contribution in [2.45, 2.75) is 43.7 Å². The lowest BCUT2D eigenvalue weighted by atomic mass is 9.73. The monoisotopic (exact) mass is 253 g/mol. The molecule has 4 nitrogen and oxygen atoms in total. The number of hydrogen-bond acceptors (Lipinski definition) is 4. The van der Waals surface area contributed by atoms with Gasteiger partial charge in [-0.2, -0.15) is 0 Å². The molecule has 3 rings (SSSR count). The second-order valence-corrected chi connectivity index (χ2v) is 6.20. The Morgan fingerprint density at radius 3 is 2.56 bits per heavy atom. The number of hydrogen-bond donors (Lipinski definition) is 1. The molecule has 1 aliphatic carbocycles. The fourth-order valence-electron chi connectivity index (χ4n) is 3.77. The van der Waals surface area contributed by atoms with E-state index in [1.165, 1.54) is 58.3 Å². The van der Waals surface area contributed by atoms with Crippen molar-refractivity contribution in [2.75, 3.05) is 45.9 Å². The van der Waals surface area contributed by atoms with E-state index in [0.29, 0.717) is 0 Å². The third-order valence-electron chi connectivity index (χ3n) is 5.10. The number of nitrogens with zero attached hydrogens (tertiary/aromatic N) is 2. The Balaban J connectivity index is 1.50. The number of ether oxygens (including phenoxy) is 1. The molecule has 2 N–H and O–H groups in total. The highest BCUT2D eigenvalue weighted by Crippen LogP contribution is 2.43. The van der Waals surface area contributed by atoms with Gasteiger partial charge in [-0.25, -0.2) is 0 Å². The standard InChI is InChI=1S/C14H27N3O/c15-5-6-16-7-9-17(10-8-16)13-2-11-18-14(12-13)3-1-4-14/h13H,1-12,15H2. The van der Waals surface area contributed by atoms with Crippen LogP contribution in [0, 0.1) is 0 Å². The second-order valence-electron chi connectivity index (χ2n) is 6.20. The van der Waals surface area contributed by atoms with Crippen LogP contribution in [0.2, 0.25) is 0 Å². The molecule has 1 spiro atoms. The molecule has 0 bridgehead atoms. The van der Waals surface area contributed by atoms with Crippen LogP contribution in [-0.2, 0) is 4.74 Å². The van der Waals surface area contributed by atoms with Gasteiger partial charge in [0.25, 0.3) is 0 Å². The summed E-state index contributed by atoms with van der Waals surface area (Å²) in [5.41, 5.74) is 5.92. The van der Waals surface area contributed by atoms with Gasteiger partial charge in [-0.15, -0.1) is 0 Å². The van der Waals surface area contributed by atoms with E-state index in [2.05, 4.69) is 9.80 Å². The highest BCUT2D eigenvalue weighted by atomic mass is 16.5. The Bertz CT molecular complexity index is 272. The predicted octanol–water partition coefficient (Wildman–Crippen LogP) is 0.664. The van der Waals surface area contributed by atoms with Crippen LogP contribution < -0.4 is 5.73 Å². The van der Waals surface area contributed by atoms with E-state index in [4.69, 9.17) is 10.5 Å². The average Bonchev–Trinajstić information content (AvgIpc) is 2.38. The molecule has 0 aromatic rings. The van der Waals surface area contributed by atoms with Gasteiger partial charge >= 0.3 is 0 Å². The first kappa shape index (κ1) is 12.9. The van der Waals surface area contributed by atoms with Gasteiger partial charge in [0.15, 0.2) is 0 Å². The fourth-order valence-corrected chi connectivity index (χ4v) is 3.77. The van der Waals surface area contributed by atoms with Crippen molar-refractivity contribution in [1.29, 1.82) is 0 Å². The summed E-state index contributed by atoms with van der Waals surface area (Å²) in [6.45, 7) is 7.67. The summed E-state index contributed by atoms with van der Waals surface area (Å²) in [6, 6.07) is 0.777. The topological polar surface area (TPSA) is 41.7 Å². The predicted molar refractivity (Wildman–Crippen MR) is 72.6 cm³/mol. The molecule has 3 fully saturated rings. The van der Waals surface area contributed by atoms with Crippen LogP contribution in [0.25, 0.3) is 0 Å². The summed E-state index contributed by atoms with van der Waals surface area (Å²) < 4.78 is 6.03. The Morgan fingerprint density at radius 2 is 1.94 bits per heavy atom. The van der Waals surface area contributed by atoms with Crippen LogP contribution in [0.5, 0.6) is 0 Å². The quantitative estimate of drug-likeness (QED) is 0.802. The van der Waals surface area contributed by atoms with Crippen LogP contribution >= 0.6 is 0 Å². The molecular weight excluding hydrogens is 226 g/mol. The van der Waals surface area contributed by atoms with Crippen molar-refractivity contribution >= 4 is 0 Å². The van der Waals surface area contributed by atoms with E-state index in [-0.39, 0.29) is 5.60 Å². The van der Waals surface area contributed by atoms with Gasteiger partial charge in [0.05, 0.1) is 5.60 Å². The third-order valence-corrected chi connectivity index (χ3v) is 5.10. The van der Waals surface area contributed by atoms with E-state index in [9.17, 15) is 0 Å². The first-order valence-electron chi connectivity index (χ1n) is 7.62. The van der Waals surface area contributed by atoms with E-state index in [0.717, 1.165) is 25.7 Å². The molecule has 3 aliphatic rings. The zero-order valence-electron chi connectivity index (χ0n) is 11.4. The molecule has 104 valence electrons. The molecule has 1 saturated carbocycles. The SMILES string of the molecule is NCCN1CCN(C2CCOC3(CCC3)C2)CC1. The molecule has 2 aliphatic heterocycles. The van der Waals surface area contributed by atoms with Gasteiger partial charge in [0.1, 0.15) is 0 Å². The molecule has 18 heavy (non-hydrogen) atoms. The number of piperazine rings is 1. The van der Waals surface area contributed by atoms with Crippen molar-refractivity contribution in [3.63, 3.8) is 0 Å². The molecule has 0 aromatic heterocycles. The highest BCUT2D eigenvalue weighted by Gasteiger charge is 2.44. The minimum atomic E-state index is 0.289. The van der Waals surface area contributed by atoms with Crippen molar-refractivity contribution in [3.8, 4) is 0 Å². The van der Waals surface area contributed by atoms with Crippen LogP contribution in [0.1, 0.15) is 32.1 Å². The van der Waals surface area contributed by atoms with Gasteiger partial charge in [0.2, 0.25) is 0 Å². The summed E-state index contributed by atoms with van der Waals surface area (Å²) in [6.07, 6.45) is 6.49. The summed E-state index contributed by atoms with van der Waals surface area (Å²) in [7, 11) is 0. The second kappa shape index (κ2) is 5.45. The Labute approximate surface area is 110 Å². The lowest BCUT2D eigenvalue weighted by Gasteiger charge is -2.50. The van der Waals surface area contributed by atoms with Gasteiger partial charge in [-0.3, -0.25) is 9.80 Å². The molecule has 1 atom stereocenters. The zero-order valence-corrected chi connectivity index (χ0v) is 11.4. The molecule has 0 amide bonds. The minimum Gasteiger partial charge on any atom is -0.375 e. The lowest BCUT2D eigenvalue weighted by molar-refractivity contribution is -0.150. The summed E-state index contributed by atoms with van der Waals surface area (Å²) in [5.74, 6) is 0. The third kappa shape index (κ3) is 2.57. The molecule has 4 heteroatoms. The van der Waals surface area contributed by atoms with Gasteiger partial charge in [-0.05, 0) is 32.1 Å². The van der Waals surface area contributed by atoms with Crippen molar-refractivity contribution < 1.29 is 4.74 Å². The first-order valence-corrected chi connectivity index (χ1v) is 7.62. The van der Waals surface area contributed by atoms with Gasteiger partial charge in [0, 0.05) is 51.9 Å². The van der Waals surface area contributed by atoms with Crippen molar-refractivity contribution in [1.82, 2.24) is 9.80 Å². The minimum absolute atomic E-state index is 0.289. The van der Waals surface area contributed by atoms with Gasteiger partial charge < -0.3 is 10.5 Å². The summed E-state index contributed by atoms with van der Waals surface area (Å²) >= 11 is 0. The average molecular weight is 253 g/mol. The Morgan fingerprint density at radius 1 is 1.17 bits per heavy atom. The summed E-state index contributed by atoms with van der Waals surface area (Å²) in [4.78, 5) is 5.20. The number of nitrogens with two attached hydrogens (primary N) is 1. The Kier molecular flexibility index (Phi) is 3.89. The molecule has 2 saturated heterocycles. The maximum absolute atomic E-state index is 6.03. The van der Waals surface area contributed by atoms with E-state index >= 15 is 0 Å². The zero-order chi connectivity index (χ0) is 12.4. The lowest BCUT2D eigenvalue weighted by Crippen LogP contribution is -2.56. The van der Waals surface area contributed by atoms with Crippen molar-refractivity contribution in [3.05, 3.63) is 0 Å². The number of rotatable bonds is 3. The smallest absolute Gasteiger partial charge is 0.0697 e. The largest absolute Gasteiger partial charge is 0.375 e. The molecule has 1 unspecified atom stereocenters. The normalized spacial score (nSPS) is 33.5. The van der Waals surface area contributed by atoms with Crippen LogP contribution in [-0.4, -0.2) is 67.3 Å². The molecule has 0 radical (unpaired) electrons. The maximum atomic E-state index is 6.03.